The SMILES string of the molecule is CCc1ccccc1NCC(CC)CN. The van der Waals surface area contributed by atoms with E-state index in [9.17, 15) is 0 Å². The highest BCUT2D eigenvalue weighted by molar-refractivity contribution is 5.51. The first-order valence-corrected chi connectivity index (χ1v) is 5.83. The Kier molecular flexibility index (Phi) is 5.19. The molecule has 0 bridgehead atoms. The molecule has 0 spiro atoms. The lowest BCUT2D eigenvalue weighted by Gasteiger charge is -2.16. The van der Waals surface area contributed by atoms with Gasteiger partial charge < -0.3 is 11.1 Å². The first-order valence-electron chi connectivity index (χ1n) is 5.83. The number of nitrogens with one attached hydrogen (secondary N) is 1. The van der Waals surface area contributed by atoms with Crippen LogP contribution in [0, 0.1) is 5.92 Å². The van der Waals surface area contributed by atoms with Gasteiger partial charge in [-0.2, -0.15) is 0 Å². The lowest BCUT2D eigenvalue weighted by Crippen LogP contribution is -2.22. The van der Waals surface area contributed by atoms with Gasteiger partial charge >= 0.3 is 0 Å². The maximum absolute atomic E-state index is 5.68. The molecule has 1 aromatic carbocycles. The van der Waals surface area contributed by atoms with Gasteiger partial charge in [0.15, 0.2) is 0 Å². The summed E-state index contributed by atoms with van der Waals surface area (Å²) in [6, 6.07) is 8.48. The lowest BCUT2D eigenvalue weighted by atomic mass is 10.1. The Bertz CT molecular complexity index is 280. The second kappa shape index (κ2) is 6.46. The maximum atomic E-state index is 5.68. The van der Waals surface area contributed by atoms with Crippen molar-refractivity contribution in [1.29, 1.82) is 0 Å². The molecule has 0 saturated heterocycles. The van der Waals surface area contributed by atoms with Gasteiger partial charge in [0.05, 0.1) is 0 Å². The van der Waals surface area contributed by atoms with Crippen LogP contribution >= 0.6 is 0 Å². The van der Waals surface area contributed by atoms with Gasteiger partial charge in [-0.25, -0.2) is 0 Å². The molecule has 1 aromatic rings. The molecule has 1 rings (SSSR count). The summed E-state index contributed by atoms with van der Waals surface area (Å²) in [6.07, 6.45) is 2.21. The first kappa shape index (κ1) is 12.1. The standard InChI is InChI=1S/C13H22N2/c1-3-11(9-14)10-15-13-8-6-5-7-12(13)4-2/h5-8,11,15H,3-4,9-10,14H2,1-2H3. The highest BCUT2D eigenvalue weighted by Crippen LogP contribution is 2.16. The van der Waals surface area contributed by atoms with Gasteiger partial charge in [-0.3, -0.25) is 0 Å². The van der Waals surface area contributed by atoms with E-state index in [0.29, 0.717) is 5.92 Å². The zero-order valence-electron chi connectivity index (χ0n) is 9.79. The number of nitrogens with two attached hydrogens (primary N) is 1. The van der Waals surface area contributed by atoms with Crippen molar-refractivity contribution in [3.8, 4) is 0 Å². The molecule has 3 N–H and O–H groups in total. The van der Waals surface area contributed by atoms with E-state index in [0.717, 1.165) is 25.9 Å². The fraction of sp³-hybridized carbons (Fsp3) is 0.538. The Morgan fingerprint density at radius 3 is 2.60 bits per heavy atom. The average molecular weight is 206 g/mol. The van der Waals surface area contributed by atoms with E-state index in [1.807, 2.05) is 0 Å². The quantitative estimate of drug-likeness (QED) is 0.751. The van der Waals surface area contributed by atoms with Crippen LogP contribution in [0.15, 0.2) is 24.3 Å². The van der Waals surface area contributed by atoms with E-state index in [1.165, 1.54) is 11.3 Å². The molecule has 2 nitrogen and oxygen atoms in total. The number of anilines is 1. The minimum absolute atomic E-state index is 0.579. The van der Waals surface area contributed by atoms with Gasteiger partial charge in [0.1, 0.15) is 0 Å². The van der Waals surface area contributed by atoms with Crippen molar-refractivity contribution in [2.45, 2.75) is 26.7 Å². The highest BCUT2D eigenvalue weighted by Gasteiger charge is 2.04. The molecule has 0 aliphatic rings. The molecular formula is C13H22N2. The Hall–Kier alpha value is -1.02. The number of hydrogen-bond acceptors (Lipinski definition) is 2. The summed E-state index contributed by atoms with van der Waals surface area (Å²) in [5.41, 5.74) is 8.31. The Balaban J connectivity index is 2.56. The fourth-order valence-electron chi connectivity index (χ4n) is 1.65. The number of rotatable bonds is 6. The molecule has 1 unspecified atom stereocenters. The molecule has 0 amide bonds. The third kappa shape index (κ3) is 3.56. The van der Waals surface area contributed by atoms with Crippen molar-refractivity contribution in [1.82, 2.24) is 0 Å². The van der Waals surface area contributed by atoms with Gasteiger partial charge in [-0.15, -0.1) is 0 Å². The van der Waals surface area contributed by atoms with Crippen molar-refractivity contribution in [2.75, 3.05) is 18.4 Å². The van der Waals surface area contributed by atoms with Crippen LogP contribution in [0.3, 0.4) is 0 Å². The minimum Gasteiger partial charge on any atom is -0.384 e. The predicted octanol–water partition coefficient (Wildman–Crippen LogP) is 2.65. The average Bonchev–Trinajstić information content (AvgIpc) is 2.31. The Morgan fingerprint density at radius 2 is 2.00 bits per heavy atom. The van der Waals surface area contributed by atoms with Crippen molar-refractivity contribution < 1.29 is 0 Å². The van der Waals surface area contributed by atoms with Crippen LogP contribution in [0.5, 0.6) is 0 Å². The van der Waals surface area contributed by atoms with E-state index in [2.05, 4.69) is 43.4 Å². The topological polar surface area (TPSA) is 38.0 Å². The van der Waals surface area contributed by atoms with E-state index in [-0.39, 0.29) is 0 Å². The first-order chi connectivity index (χ1) is 7.31. The highest BCUT2D eigenvalue weighted by atomic mass is 14.9. The van der Waals surface area contributed by atoms with E-state index >= 15 is 0 Å². The summed E-state index contributed by atoms with van der Waals surface area (Å²) in [5.74, 6) is 0.579. The summed E-state index contributed by atoms with van der Waals surface area (Å²) in [6.45, 7) is 6.10. The van der Waals surface area contributed by atoms with Crippen LogP contribution in [0.1, 0.15) is 25.8 Å². The largest absolute Gasteiger partial charge is 0.384 e. The van der Waals surface area contributed by atoms with Crippen LogP contribution in [0.2, 0.25) is 0 Å². The fourth-order valence-corrected chi connectivity index (χ4v) is 1.65. The molecule has 0 aliphatic heterocycles. The second-order valence-electron chi connectivity index (χ2n) is 3.90. The zero-order valence-corrected chi connectivity index (χ0v) is 9.79. The van der Waals surface area contributed by atoms with Crippen LogP contribution in [0.4, 0.5) is 5.69 Å². The molecule has 84 valence electrons. The maximum Gasteiger partial charge on any atom is 0.0372 e. The molecule has 0 fully saturated rings. The van der Waals surface area contributed by atoms with Gasteiger partial charge in [0, 0.05) is 12.2 Å². The van der Waals surface area contributed by atoms with E-state index in [4.69, 9.17) is 5.73 Å². The lowest BCUT2D eigenvalue weighted by molar-refractivity contribution is 0.548. The Labute approximate surface area is 92.9 Å². The third-order valence-electron chi connectivity index (χ3n) is 2.89. The number of para-hydroxylation sites is 1. The predicted molar refractivity (Wildman–Crippen MR) is 67.1 cm³/mol. The van der Waals surface area contributed by atoms with Crippen LogP contribution in [0.25, 0.3) is 0 Å². The molecule has 1 atom stereocenters. The third-order valence-corrected chi connectivity index (χ3v) is 2.89. The molecule has 15 heavy (non-hydrogen) atoms. The van der Waals surface area contributed by atoms with Crippen molar-refractivity contribution >= 4 is 5.69 Å². The molecule has 0 radical (unpaired) electrons. The normalized spacial score (nSPS) is 12.5. The van der Waals surface area contributed by atoms with Crippen molar-refractivity contribution in [3.05, 3.63) is 29.8 Å². The Morgan fingerprint density at radius 1 is 1.27 bits per heavy atom. The van der Waals surface area contributed by atoms with Crippen LogP contribution in [-0.4, -0.2) is 13.1 Å². The van der Waals surface area contributed by atoms with E-state index < -0.39 is 0 Å². The van der Waals surface area contributed by atoms with Crippen molar-refractivity contribution in [3.63, 3.8) is 0 Å². The summed E-state index contributed by atoms with van der Waals surface area (Å²) in [5, 5.41) is 3.49. The number of hydrogen-bond donors (Lipinski definition) is 2. The molecular weight excluding hydrogens is 184 g/mol. The van der Waals surface area contributed by atoms with Gasteiger partial charge in [0.25, 0.3) is 0 Å². The molecule has 0 aromatic heterocycles. The van der Waals surface area contributed by atoms with E-state index in [1.54, 1.807) is 0 Å². The van der Waals surface area contributed by atoms with Crippen molar-refractivity contribution in [2.24, 2.45) is 11.7 Å². The van der Waals surface area contributed by atoms with Crippen LogP contribution in [-0.2, 0) is 6.42 Å². The second-order valence-corrected chi connectivity index (χ2v) is 3.90. The summed E-state index contributed by atoms with van der Waals surface area (Å²) >= 11 is 0. The summed E-state index contributed by atoms with van der Waals surface area (Å²) in [4.78, 5) is 0. The number of aryl methyl sites for hydroxylation is 1. The smallest absolute Gasteiger partial charge is 0.0372 e. The molecule has 0 aliphatic carbocycles. The van der Waals surface area contributed by atoms with Crippen LogP contribution < -0.4 is 11.1 Å². The molecule has 0 saturated carbocycles. The van der Waals surface area contributed by atoms with Gasteiger partial charge in [-0.05, 0) is 30.5 Å². The minimum atomic E-state index is 0.579. The molecule has 0 heterocycles. The van der Waals surface area contributed by atoms with Gasteiger partial charge in [0.2, 0.25) is 0 Å². The summed E-state index contributed by atoms with van der Waals surface area (Å²) < 4.78 is 0. The monoisotopic (exact) mass is 206 g/mol. The molecule has 2 heteroatoms. The zero-order chi connectivity index (χ0) is 11.1. The summed E-state index contributed by atoms with van der Waals surface area (Å²) in [7, 11) is 0. The van der Waals surface area contributed by atoms with Gasteiger partial charge in [-0.1, -0.05) is 38.5 Å². The number of benzene rings is 1.